The highest BCUT2D eigenvalue weighted by atomic mass is 16.5. The van der Waals surface area contributed by atoms with Gasteiger partial charge in [0, 0.05) is 19.4 Å². The molecule has 0 spiro atoms. The number of ether oxygens (including phenoxy) is 1. The van der Waals surface area contributed by atoms with E-state index in [1.807, 2.05) is 0 Å². The van der Waals surface area contributed by atoms with Crippen LogP contribution in [0.2, 0.25) is 0 Å². The number of nitrogens with zero attached hydrogens (tertiary/aromatic N) is 1. The molecule has 1 aliphatic carbocycles. The maximum Gasteiger partial charge on any atom is 0.0880 e. The standard InChI is InChI=1S/C15H25NO2/c1-11(2)13-9-15(17,6-7-18-13)14(10-16)5-4-12(3)8-14/h11-13,17H,4-9H2,1-3H3. The summed E-state index contributed by atoms with van der Waals surface area (Å²) in [5.74, 6) is 0.945. The second kappa shape index (κ2) is 4.83. The third kappa shape index (κ3) is 2.17. The molecule has 0 aromatic carbocycles. The van der Waals surface area contributed by atoms with Crippen LogP contribution in [0.1, 0.15) is 52.9 Å². The molecule has 0 amide bonds. The van der Waals surface area contributed by atoms with Gasteiger partial charge in [-0.1, -0.05) is 20.8 Å². The van der Waals surface area contributed by atoms with E-state index in [2.05, 4.69) is 26.8 Å². The molecule has 3 heteroatoms. The number of aliphatic hydroxyl groups is 1. The summed E-state index contributed by atoms with van der Waals surface area (Å²) < 4.78 is 5.74. The fraction of sp³-hybridized carbons (Fsp3) is 0.933. The molecule has 1 N–H and O–H groups in total. The Labute approximate surface area is 110 Å². The molecule has 1 heterocycles. The van der Waals surface area contributed by atoms with Crippen LogP contribution in [0.4, 0.5) is 0 Å². The van der Waals surface area contributed by atoms with Gasteiger partial charge in [0.2, 0.25) is 0 Å². The highest BCUT2D eigenvalue weighted by Crippen LogP contribution is 2.53. The Bertz CT molecular complexity index is 349. The Hall–Kier alpha value is -0.590. The summed E-state index contributed by atoms with van der Waals surface area (Å²) in [5.41, 5.74) is -1.39. The molecule has 0 bridgehead atoms. The summed E-state index contributed by atoms with van der Waals surface area (Å²) in [6, 6.07) is 2.47. The Morgan fingerprint density at radius 1 is 1.33 bits per heavy atom. The van der Waals surface area contributed by atoms with Gasteiger partial charge in [0.1, 0.15) is 0 Å². The predicted molar refractivity (Wildman–Crippen MR) is 69.8 cm³/mol. The summed E-state index contributed by atoms with van der Waals surface area (Å²) in [5, 5.41) is 20.7. The second-order valence-electron chi connectivity index (χ2n) is 6.68. The van der Waals surface area contributed by atoms with Gasteiger partial charge in [-0.25, -0.2) is 0 Å². The minimum atomic E-state index is -0.848. The Balaban J connectivity index is 2.21. The Morgan fingerprint density at radius 3 is 2.56 bits per heavy atom. The third-order valence-corrected chi connectivity index (χ3v) is 5.00. The molecule has 4 atom stereocenters. The van der Waals surface area contributed by atoms with E-state index in [9.17, 15) is 10.4 Å². The topological polar surface area (TPSA) is 53.2 Å². The van der Waals surface area contributed by atoms with Gasteiger partial charge >= 0.3 is 0 Å². The summed E-state index contributed by atoms with van der Waals surface area (Å²) in [7, 11) is 0. The van der Waals surface area contributed by atoms with Crippen LogP contribution in [0.15, 0.2) is 0 Å². The van der Waals surface area contributed by atoms with Crippen LogP contribution >= 0.6 is 0 Å². The largest absolute Gasteiger partial charge is 0.388 e. The molecule has 1 saturated heterocycles. The minimum Gasteiger partial charge on any atom is -0.388 e. The molecular formula is C15H25NO2. The summed E-state index contributed by atoms with van der Waals surface area (Å²) in [4.78, 5) is 0. The predicted octanol–water partition coefficient (Wildman–Crippen LogP) is 2.88. The quantitative estimate of drug-likeness (QED) is 0.821. The zero-order valence-electron chi connectivity index (χ0n) is 11.8. The third-order valence-electron chi connectivity index (χ3n) is 5.00. The Kier molecular flexibility index (Phi) is 3.71. The van der Waals surface area contributed by atoms with Crippen LogP contribution in [0.3, 0.4) is 0 Å². The SMILES string of the molecule is CC1CCC(C#N)(C2(O)CCOC(C(C)C)C2)C1. The lowest BCUT2D eigenvalue weighted by atomic mass is 9.65. The lowest BCUT2D eigenvalue weighted by molar-refractivity contribution is -0.160. The van der Waals surface area contributed by atoms with E-state index < -0.39 is 11.0 Å². The van der Waals surface area contributed by atoms with Crippen molar-refractivity contribution in [3.8, 4) is 6.07 Å². The molecule has 2 aliphatic rings. The van der Waals surface area contributed by atoms with Crippen LogP contribution in [0, 0.1) is 28.6 Å². The van der Waals surface area contributed by atoms with Gasteiger partial charge in [0.05, 0.1) is 23.2 Å². The molecule has 2 fully saturated rings. The van der Waals surface area contributed by atoms with Crippen molar-refractivity contribution in [3.05, 3.63) is 0 Å². The zero-order chi connectivity index (χ0) is 13.4. The Morgan fingerprint density at radius 2 is 2.06 bits per heavy atom. The van der Waals surface area contributed by atoms with Gasteiger partial charge in [0.15, 0.2) is 0 Å². The van der Waals surface area contributed by atoms with Crippen molar-refractivity contribution < 1.29 is 9.84 Å². The average Bonchev–Trinajstić information content (AvgIpc) is 2.73. The molecule has 1 saturated carbocycles. The van der Waals surface area contributed by atoms with Crippen molar-refractivity contribution in [2.45, 2.75) is 64.6 Å². The highest BCUT2D eigenvalue weighted by molar-refractivity contribution is 5.15. The first-order chi connectivity index (χ1) is 8.42. The maximum atomic E-state index is 11.1. The minimum absolute atomic E-state index is 0.0879. The number of rotatable bonds is 2. The molecule has 18 heavy (non-hydrogen) atoms. The average molecular weight is 251 g/mol. The van der Waals surface area contributed by atoms with Crippen LogP contribution in [-0.4, -0.2) is 23.4 Å². The molecule has 4 unspecified atom stereocenters. The van der Waals surface area contributed by atoms with Crippen molar-refractivity contribution in [1.29, 1.82) is 5.26 Å². The van der Waals surface area contributed by atoms with Crippen LogP contribution in [-0.2, 0) is 4.74 Å². The smallest absolute Gasteiger partial charge is 0.0880 e. The van der Waals surface area contributed by atoms with E-state index in [0.29, 0.717) is 31.3 Å². The van der Waals surface area contributed by atoms with Gasteiger partial charge in [0.25, 0.3) is 0 Å². The maximum absolute atomic E-state index is 11.1. The zero-order valence-corrected chi connectivity index (χ0v) is 11.8. The van der Waals surface area contributed by atoms with Crippen molar-refractivity contribution in [2.75, 3.05) is 6.61 Å². The monoisotopic (exact) mass is 251 g/mol. The fourth-order valence-electron chi connectivity index (χ4n) is 3.66. The number of hydrogen-bond donors (Lipinski definition) is 1. The molecule has 0 aromatic rings. The summed E-state index contributed by atoms with van der Waals surface area (Å²) in [6.07, 6.45) is 4.05. The fourth-order valence-corrected chi connectivity index (χ4v) is 3.66. The van der Waals surface area contributed by atoms with Crippen LogP contribution < -0.4 is 0 Å². The van der Waals surface area contributed by atoms with Crippen LogP contribution in [0.5, 0.6) is 0 Å². The lowest BCUT2D eigenvalue weighted by Crippen LogP contribution is -2.53. The summed E-state index contributed by atoms with van der Waals surface area (Å²) >= 11 is 0. The van der Waals surface area contributed by atoms with Crippen molar-refractivity contribution in [3.63, 3.8) is 0 Å². The van der Waals surface area contributed by atoms with E-state index in [1.165, 1.54) is 0 Å². The summed E-state index contributed by atoms with van der Waals surface area (Å²) in [6.45, 7) is 7.00. The van der Waals surface area contributed by atoms with Gasteiger partial charge in [-0.2, -0.15) is 5.26 Å². The van der Waals surface area contributed by atoms with Crippen molar-refractivity contribution >= 4 is 0 Å². The van der Waals surface area contributed by atoms with Crippen molar-refractivity contribution in [2.24, 2.45) is 17.3 Å². The molecule has 1 aliphatic heterocycles. The molecule has 0 aromatic heterocycles. The highest BCUT2D eigenvalue weighted by Gasteiger charge is 2.55. The second-order valence-corrected chi connectivity index (χ2v) is 6.68. The van der Waals surface area contributed by atoms with Gasteiger partial charge < -0.3 is 9.84 Å². The molecule has 102 valence electrons. The first-order valence-corrected chi connectivity index (χ1v) is 7.18. The van der Waals surface area contributed by atoms with E-state index in [-0.39, 0.29) is 6.10 Å². The van der Waals surface area contributed by atoms with Gasteiger partial charge in [-0.15, -0.1) is 0 Å². The molecular weight excluding hydrogens is 226 g/mol. The van der Waals surface area contributed by atoms with Crippen molar-refractivity contribution in [1.82, 2.24) is 0 Å². The van der Waals surface area contributed by atoms with Crippen LogP contribution in [0.25, 0.3) is 0 Å². The van der Waals surface area contributed by atoms with E-state index in [0.717, 1.165) is 19.3 Å². The van der Waals surface area contributed by atoms with E-state index >= 15 is 0 Å². The van der Waals surface area contributed by atoms with Gasteiger partial charge in [-0.05, 0) is 31.1 Å². The number of hydrogen-bond acceptors (Lipinski definition) is 3. The first kappa shape index (κ1) is 13.8. The van der Waals surface area contributed by atoms with E-state index in [4.69, 9.17) is 4.74 Å². The number of nitriles is 1. The normalized spacial score (nSPS) is 45.1. The molecule has 0 radical (unpaired) electrons. The molecule has 3 nitrogen and oxygen atoms in total. The molecule has 2 rings (SSSR count). The first-order valence-electron chi connectivity index (χ1n) is 7.18. The van der Waals surface area contributed by atoms with E-state index in [1.54, 1.807) is 0 Å². The lowest BCUT2D eigenvalue weighted by Gasteiger charge is -2.46. The van der Waals surface area contributed by atoms with Gasteiger partial charge in [-0.3, -0.25) is 0 Å².